The van der Waals surface area contributed by atoms with Crippen molar-refractivity contribution in [1.29, 1.82) is 0 Å². The van der Waals surface area contributed by atoms with Crippen LogP contribution in [0.3, 0.4) is 0 Å². The molecule has 0 heterocycles. The maximum Gasteiger partial charge on any atom is 0.229 e. The van der Waals surface area contributed by atoms with Crippen LogP contribution in [0.25, 0.3) is 0 Å². The van der Waals surface area contributed by atoms with Gasteiger partial charge in [-0.25, -0.2) is 0 Å². The number of hydrogen-bond donors (Lipinski definition) is 0. The van der Waals surface area contributed by atoms with E-state index in [0.717, 1.165) is 19.3 Å². The molecule has 2 nitrogen and oxygen atoms in total. The van der Waals surface area contributed by atoms with Crippen molar-refractivity contribution in [3.05, 3.63) is 61.4 Å². The lowest BCUT2D eigenvalue weighted by Crippen LogP contribution is -2.32. The molecule has 0 aliphatic carbocycles. The Bertz CT molecular complexity index is 359. The van der Waals surface area contributed by atoms with E-state index in [4.69, 9.17) is 9.47 Å². The normalized spacial score (nSPS) is 13.6. The highest BCUT2D eigenvalue weighted by Gasteiger charge is 2.26. The Kier molecular flexibility index (Phi) is 6.23. The van der Waals surface area contributed by atoms with Crippen LogP contribution in [0.4, 0.5) is 0 Å². The molecule has 0 radical (unpaired) electrons. The highest BCUT2D eigenvalue weighted by atomic mass is 16.7. The quantitative estimate of drug-likeness (QED) is 0.371. The SMILES string of the molecule is C=COC(C=C)(CCC)OCCc1ccccc1. The van der Waals surface area contributed by atoms with Crippen LogP contribution < -0.4 is 0 Å². The van der Waals surface area contributed by atoms with E-state index in [1.165, 1.54) is 11.8 Å². The summed E-state index contributed by atoms with van der Waals surface area (Å²) in [5.74, 6) is -0.731. The summed E-state index contributed by atoms with van der Waals surface area (Å²) in [5, 5.41) is 0. The van der Waals surface area contributed by atoms with Crippen molar-refractivity contribution >= 4 is 0 Å². The summed E-state index contributed by atoms with van der Waals surface area (Å²) < 4.78 is 11.3. The zero-order valence-electron chi connectivity index (χ0n) is 11.1. The fraction of sp³-hybridized carbons (Fsp3) is 0.375. The van der Waals surface area contributed by atoms with Crippen molar-refractivity contribution in [1.82, 2.24) is 0 Å². The molecule has 98 valence electrons. The predicted octanol–water partition coefficient (Wildman–Crippen LogP) is 4.09. The first-order valence-corrected chi connectivity index (χ1v) is 6.36. The third-order valence-corrected chi connectivity index (χ3v) is 2.77. The van der Waals surface area contributed by atoms with Gasteiger partial charge in [-0.05, 0) is 24.5 Å². The molecule has 0 aromatic heterocycles. The van der Waals surface area contributed by atoms with Crippen molar-refractivity contribution in [3.63, 3.8) is 0 Å². The second-order valence-corrected chi connectivity index (χ2v) is 4.13. The molecule has 0 N–H and O–H groups in total. The second kappa shape index (κ2) is 7.72. The molecule has 1 aromatic carbocycles. The van der Waals surface area contributed by atoms with Crippen LogP contribution in [0, 0.1) is 0 Å². The van der Waals surface area contributed by atoms with Crippen LogP contribution in [-0.2, 0) is 15.9 Å². The van der Waals surface area contributed by atoms with Crippen molar-refractivity contribution in [2.24, 2.45) is 0 Å². The van der Waals surface area contributed by atoms with Gasteiger partial charge >= 0.3 is 0 Å². The van der Waals surface area contributed by atoms with E-state index < -0.39 is 5.79 Å². The molecular weight excluding hydrogens is 224 g/mol. The molecule has 1 rings (SSSR count). The van der Waals surface area contributed by atoms with Gasteiger partial charge in [0.2, 0.25) is 5.79 Å². The van der Waals surface area contributed by atoms with Gasteiger partial charge in [0.1, 0.15) is 0 Å². The molecule has 1 unspecified atom stereocenters. The molecule has 18 heavy (non-hydrogen) atoms. The zero-order chi connectivity index (χ0) is 13.3. The first kappa shape index (κ1) is 14.5. The fourth-order valence-corrected chi connectivity index (χ4v) is 1.85. The largest absolute Gasteiger partial charge is 0.467 e. The van der Waals surface area contributed by atoms with Gasteiger partial charge in [0.25, 0.3) is 0 Å². The standard InChI is InChI=1S/C16H22O2/c1-4-13-16(5-2,17-6-3)18-14-12-15-10-8-7-9-11-15/h5-11H,2-4,12-14H2,1H3. The molecule has 0 spiro atoms. The van der Waals surface area contributed by atoms with E-state index in [2.05, 4.69) is 32.2 Å². The fourth-order valence-electron chi connectivity index (χ4n) is 1.85. The maximum absolute atomic E-state index is 5.85. The molecule has 0 amide bonds. The van der Waals surface area contributed by atoms with Gasteiger partial charge in [-0.15, -0.1) is 0 Å². The number of rotatable bonds is 9. The van der Waals surface area contributed by atoms with Gasteiger partial charge in [0.15, 0.2) is 0 Å². The monoisotopic (exact) mass is 246 g/mol. The molecule has 0 aliphatic rings. The lowest BCUT2D eigenvalue weighted by Gasteiger charge is -2.29. The van der Waals surface area contributed by atoms with E-state index in [1.54, 1.807) is 6.08 Å². The summed E-state index contributed by atoms with van der Waals surface area (Å²) in [6.07, 6.45) is 5.73. The molecule has 0 bridgehead atoms. The zero-order valence-corrected chi connectivity index (χ0v) is 11.1. The van der Waals surface area contributed by atoms with Crippen LogP contribution in [0.5, 0.6) is 0 Å². The third kappa shape index (κ3) is 4.38. The Morgan fingerprint density at radius 3 is 2.50 bits per heavy atom. The summed E-state index contributed by atoms with van der Waals surface area (Å²) in [7, 11) is 0. The van der Waals surface area contributed by atoms with Crippen LogP contribution in [0.1, 0.15) is 25.3 Å². The second-order valence-electron chi connectivity index (χ2n) is 4.13. The summed E-state index contributed by atoms with van der Waals surface area (Å²) in [6, 6.07) is 10.3. The average Bonchev–Trinajstić information content (AvgIpc) is 2.40. The minimum Gasteiger partial charge on any atom is -0.467 e. The molecule has 0 fully saturated rings. The summed E-state index contributed by atoms with van der Waals surface area (Å²) in [6.45, 7) is 10.1. The van der Waals surface area contributed by atoms with Crippen molar-refractivity contribution in [3.8, 4) is 0 Å². The Hall–Kier alpha value is -1.54. The number of benzene rings is 1. The van der Waals surface area contributed by atoms with Crippen LogP contribution in [0.2, 0.25) is 0 Å². The Morgan fingerprint density at radius 2 is 1.94 bits per heavy atom. The first-order valence-electron chi connectivity index (χ1n) is 6.36. The number of hydrogen-bond acceptors (Lipinski definition) is 2. The minimum atomic E-state index is -0.731. The molecule has 1 aromatic rings. The summed E-state index contributed by atoms with van der Waals surface area (Å²) >= 11 is 0. The van der Waals surface area contributed by atoms with E-state index in [0.29, 0.717) is 6.61 Å². The van der Waals surface area contributed by atoms with Crippen LogP contribution >= 0.6 is 0 Å². The molecule has 1 atom stereocenters. The highest BCUT2D eigenvalue weighted by Crippen LogP contribution is 2.22. The molecule has 0 saturated carbocycles. The predicted molar refractivity (Wildman–Crippen MR) is 75.2 cm³/mol. The lowest BCUT2D eigenvalue weighted by atomic mass is 10.1. The minimum absolute atomic E-state index is 0.601. The summed E-state index contributed by atoms with van der Waals surface area (Å²) in [5.41, 5.74) is 1.26. The first-order chi connectivity index (χ1) is 8.76. The van der Waals surface area contributed by atoms with E-state index in [1.807, 2.05) is 18.2 Å². The highest BCUT2D eigenvalue weighted by molar-refractivity contribution is 5.14. The smallest absolute Gasteiger partial charge is 0.229 e. The van der Waals surface area contributed by atoms with Gasteiger partial charge in [0.05, 0.1) is 12.9 Å². The van der Waals surface area contributed by atoms with E-state index >= 15 is 0 Å². The average molecular weight is 246 g/mol. The van der Waals surface area contributed by atoms with Gasteiger partial charge in [-0.1, -0.05) is 50.4 Å². The van der Waals surface area contributed by atoms with Crippen molar-refractivity contribution < 1.29 is 9.47 Å². The Balaban J connectivity index is 2.51. The molecular formula is C16H22O2. The van der Waals surface area contributed by atoms with Gasteiger partial charge < -0.3 is 9.47 Å². The Morgan fingerprint density at radius 1 is 1.22 bits per heavy atom. The molecule has 2 heteroatoms. The Labute approximate surface area is 110 Å². The maximum atomic E-state index is 5.85. The molecule has 0 saturated heterocycles. The van der Waals surface area contributed by atoms with Crippen LogP contribution in [0.15, 0.2) is 55.8 Å². The molecule has 0 aliphatic heterocycles. The van der Waals surface area contributed by atoms with Crippen molar-refractivity contribution in [2.75, 3.05) is 6.61 Å². The van der Waals surface area contributed by atoms with Gasteiger partial charge in [0, 0.05) is 6.42 Å². The van der Waals surface area contributed by atoms with Gasteiger partial charge in [-0.2, -0.15) is 0 Å². The topological polar surface area (TPSA) is 18.5 Å². The lowest BCUT2D eigenvalue weighted by molar-refractivity contribution is -0.175. The van der Waals surface area contributed by atoms with Crippen LogP contribution in [-0.4, -0.2) is 12.4 Å². The number of ether oxygens (including phenoxy) is 2. The van der Waals surface area contributed by atoms with E-state index in [-0.39, 0.29) is 0 Å². The van der Waals surface area contributed by atoms with E-state index in [9.17, 15) is 0 Å². The van der Waals surface area contributed by atoms with Gasteiger partial charge in [-0.3, -0.25) is 0 Å². The van der Waals surface area contributed by atoms with Crippen molar-refractivity contribution in [2.45, 2.75) is 32.0 Å². The third-order valence-electron chi connectivity index (χ3n) is 2.77. The summed E-state index contributed by atoms with van der Waals surface area (Å²) in [4.78, 5) is 0.